The molecule has 130 valence electrons. The lowest BCUT2D eigenvalue weighted by Crippen LogP contribution is -2.60. The van der Waals surface area contributed by atoms with Crippen molar-refractivity contribution >= 4 is 12.2 Å². The van der Waals surface area contributed by atoms with Crippen molar-refractivity contribution in [3.8, 4) is 11.1 Å². The zero-order valence-corrected chi connectivity index (χ0v) is 14.9. The van der Waals surface area contributed by atoms with E-state index in [-0.39, 0.29) is 6.04 Å². The molecular weight excluding hydrogens is 312 g/mol. The number of fused-ring (bicyclic) bond motifs is 3. The number of amides is 1. The summed E-state index contributed by atoms with van der Waals surface area (Å²) in [6, 6.07) is 15.5. The third kappa shape index (κ3) is 2.48. The summed E-state index contributed by atoms with van der Waals surface area (Å²) in [4.78, 5) is 24.4. The van der Waals surface area contributed by atoms with Crippen LogP contribution >= 0.6 is 0 Å². The minimum absolute atomic E-state index is 0.296. The number of nitrogens with one attached hydrogen (secondary N) is 1. The average molecular weight is 336 g/mol. The average Bonchev–Trinajstić information content (AvgIpc) is 2.91. The molecule has 0 fully saturated rings. The van der Waals surface area contributed by atoms with Gasteiger partial charge in [-0.3, -0.25) is 4.79 Å². The normalized spacial score (nSPS) is 16.0. The lowest BCUT2D eigenvalue weighted by Gasteiger charge is -2.40. The fourth-order valence-electron chi connectivity index (χ4n) is 4.08. The molecule has 1 amide bonds. The van der Waals surface area contributed by atoms with Crippen LogP contribution in [0.4, 0.5) is 0 Å². The highest BCUT2D eigenvalue weighted by molar-refractivity contribution is 6.00. The summed E-state index contributed by atoms with van der Waals surface area (Å²) in [5, 5.41) is 3.37. The van der Waals surface area contributed by atoms with Crippen LogP contribution < -0.4 is 11.1 Å². The molecule has 1 aliphatic carbocycles. The Hall–Kier alpha value is -2.46. The molecule has 4 nitrogen and oxygen atoms in total. The largest absolute Gasteiger partial charge is 0.369 e. The lowest BCUT2D eigenvalue weighted by atomic mass is 9.70. The Balaban J connectivity index is 2.31. The van der Waals surface area contributed by atoms with E-state index in [4.69, 9.17) is 5.73 Å². The quantitative estimate of drug-likeness (QED) is 0.797. The summed E-state index contributed by atoms with van der Waals surface area (Å²) in [7, 11) is 0. The van der Waals surface area contributed by atoms with E-state index in [1.54, 1.807) is 0 Å². The van der Waals surface area contributed by atoms with Crippen molar-refractivity contribution in [1.82, 2.24) is 5.32 Å². The topological polar surface area (TPSA) is 72.2 Å². The van der Waals surface area contributed by atoms with E-state index < -0.39 is 16.9 Å². The van der Waals surface area contributed by atoms with Crippen molar-refractivity contribution in [2.24, 2.45) is 5.73 Å². The number of carbonyl (C=O) groups is 2. The van der Waals surface area contributed by atoms with Crippen molar-refractivity contribution in [2.45, 2.75) is 44.2 Å². The molecule has 0 saturated heterocycles. The summed E-state index contributed by atoms with van der Waals surface area (Å²) in [6.07, 6.45) is 1.53. The van der Waals surface area contributed by atoms with Gasteiger partial charge in [-0.05, 0) is 42.5 Å². The standard InChI is InChI=1S/C21H24N2O2/c1-4-18(23-20(2,3)13-24)21(19(22)25)16-11-7-5-9-14(16)15-10-6-8-12-17(15)21/h5-13,18,23H,4H2,1-3H3,(H2,22,25). The molecule has 2 aromatic carbocycles. The maximum Gasteiger partial charge on any atom is 0.234 e. The predicted octanol–water partition coefficient (Wildman–Crippen LogP) is 2.78. The first kappa shape index (κ1) is 17.4. The zero-order chi connectivity index (χ0) is 18.2. The fourth-order valence-corrected chi connectivity index (χ4v) is 4.08. The van der Waals surface area contributed by atoms with Gasteiger partial charge in [0.2, 0.25) is 5.91 Å². The molecule has 0 radical (unpaired) electrons. The Morgan fingerprint density at radius 3 is 2.00 bits per heavy atom. The third-order valence-corrected chi connectivity index (χ3v) is 5.15. The molecule has 25 heavy (non-hydrogen) atoms. The second kappa shape index (κ2) is 6.12. The van der Waals surface area contributed by atoms with Crippen LogP contribution in [0, 0.1) is 0 Å². The van der Waals surface area contributed by atoms with Gasteiger partial charge in [-0.25, -0.2) is 0 Å². The molecule has 3 rings (SSSR count). The number of hydrogen-bond donors (Lipinski definition) is 2. The smallest absolute Gasteiger partial charge is 0.234 e. The first-order valence-corrected chi connectivity index (χ1v) is 8.61. The van der Waals surface area contributed by atoms with Gasteiger partial charge in [0.15, 0.2) is 0 Å². The van der Waals surface area contributed by atoms with Gasteiger partial charge < -0.3 is 15.8 Å². The third-order valence-electron chi connectivity index (χ3n) is 5.15. The van der Waals surface area contributed by atoms with Crippen molar-refractivity contribution in [3.63, 3.8) is 0 Å². The van der Waals surface area contributed by atoms with Crippen molar-refractivity contribution in [2.75, 3.05) is 0 Å². The van der Waals surface area contributed by atoms with E-state index in [1.807, 2.05) is 69.3 Å². The summed E-state index contributed by atoms with van der Waals surface area (Å²) in [5.74, 6) is -0.397. The van der Waals surface area contributed by atoms with Gasteiger partial charge in [-0.1, -0.05) is 55.5 Å². The van der Waals surface area contributed by atoms with Gasteiger partial charge in [0.1, 0.15) is 11.7 Å². The molecular formula is C21H24N2O2. The van der Waals surface area contributed by atoms with Crippen molar-refractivity contribution < 1.29 is 9.59 Å². The highest BCUT2D eigenvalue weighted by Crippen LogP contribution is 2.51. The first-order valence-electron chi connectivity index (χ1n) is 8.61. The number of hydrogen-bond acceptors (Lipinski definition) is 3. The SMILES string of the molecule is CCC(NC(C)(C)C=O)C1(C(N)=O)c2ccccc2-c2ccccc21. The number of benzene rings is 2. The van der Waals surface area contributed by atoms with Crippen LogP contribution in [0.5, 0.6) is 0 Å². The lowest BCUT2D eigenvalue weighted by molar-refractivity contribution is -0.124. The zero-order valence-electron chi connectivity index (χ0n) is 14.9. The van der Waals surface area contributed by atoms with E-state index >= 15 is 0 Å². The highest BCUT2D eigenvalue weighted by atomic mass is 16.1. The number of rotatable bonds is 6. The maximum atomic E-state index is 12.9. The monoisotopic (exact) mass is 336 g/mol. The molecule has 0 spiro atoms. The van der Waals surface area contributed by atoms with Gasteiger partial charge in [0.25, 0.3) is 0 Å². The summed E-state index contributed by atoms with van der Waals surface area (Å²) < 4.78 is 0. The van der Waals surface area contributed by atoms with E-state index in [0.29, 0.717) is 6.42 Å². The Morgan fingerprint density at radius 2 is 1.60 bits per heavy atom. The van der Waals surface area contributed by atoms with Crippen LogP contribution in [0.25, 0.3) is 11.1 Å². The summed E-state index contributed by atoms with van der Waals surface area (Å²) in [6.45, 7) is 5.63. The maximum absolute atomic E-state index is 12.9. The van der Waals surface area contributed by atoms with Gasteiger partial charge in [-0.15, -0.1) is 0 Å². The Morgan fingerprint density at radius 1 is 1.12 bits per heavy atom. The Kier molecular flexibility index (Phi) is 4.25. The second-order valence-electron chi connectivity index (χ2n) is 7.21. The molecule has 1 unspecified atom stereocenters. The van der Waals surface area contributed by atoms with E-state index in [0.717, 1.165) is 28.5 Å². The molecule has 0 aromatic heterocycles. The first-order chi connectivity index (χ1) is 11.9. The van der Waals surface area contributed by atoms with E-state index in [2.05, 4.69) is 5.32 Å². The highest BCUT2D eigenvalue weighted by Gasteiger charge is 2.53. The Bertz CT molecular complexity index is 781. The van der Waals surface area contributed by atoms with Crippen LogP contribution in [-0.4, -0.2) is 23.8 Å². The molecule has 0 heterocycles. The molecule has 0 saturated carbocycles. The van der Waals surface area contributed by atoms with E-state index in [1.165, 1.54) is 0 Å². The van der Waals surface area contributed by atoms with Gasteiger partial charge in [0, 0.05) is 6.04 Å². The minimum Gasteiger partial charge on any atom is -0.369 e. The van der Waals surface area contributed by atoms with Gasteiger partial charge >= 0.3 is 0 Å². The van der Waals surface area contributed by atoms with Gasteiger partial charge in [0.05, 0.1) is 5.54 Å². The molecule has 2 aromatic rings. The minimum atomic E-state index is -0.998. The van der Waals surface area contributed by atoms with Crippen LogP contribution in [0.15, 0.2) is 48.5 Å². The Labute approximate surface area is 148 Å². The summed E-state index contributed by atoms with van der Waals surface area (Å²) >= 11 is 0. The van der Waals surface area contributed by atoms with Crippen molar-refractivity contribution in [3.05, 3.63) is 59.7 Å². The van der Waals surface area contributed by atoms with Gasteiger partial charge in [-0.2, -0.15) is 0 Å². The molecule has 0 aliphatic heterocycles. The van der Waals surface area contributed by atoms with Crippen molar-refractivity contribution in [1.29, 1.82) is 0 Å². The van der Waals surface area contributed by atoms with Crippen LogP contribution in [-0.2, 0) is 15.0 Å². The number of primary amides is 1. The van der Waals surface area contributed by atoms with Crippen LogP contribution in [0.3, 0.4) is 0 Å². The summed E-state index contributed by atoms with van der Waals surface area (Å²) in [5.41, 5.74) is 8.15. The molecule has 1 atom stereocenters. The number of aldehydes is 1. The number of carbonyl (C=O) groups excluding carboxylic acids is 2. The number of nitrogens with two attached hydrogens (primary N) is 1. The second-order valence-corrected chi connectivity index (χ2v) is 7.21. The molecule has 1 aliphatic rings. The van der Waals surface area contributed by atoms with E-state index in [9.17, 15) is 9.59 Å². The molecule has 0 bridgehead atoms. The molecule has 4 heteroatoms. The fraction of sp³-hybridized carbons (Fsp3) is 0.333. The van der Waals surface area contributed by atoms with Crippen LogP contribution in [0.1, 0.15) is 38.3 Å². The predicted molar refractivity (Wildman–Crippen MR) is 99.2 cm³/mol. The molecule has 3 N–H and O–H groups in total. The van der Waals surface area contributed by atoms with Crippen LogP contribution in [0.2, 0.25) is 0 Å².